The van der Waals surface area contributed by atoms with Gasteiger partial charge in [-0.2, -0.15) is 0 Å². The van der Waals surface area contributed by atoms with Crippen LogP contribution in [0.4, 0.5) is 0 Å². The van der Waals surface area contributed by atoms with Crippen molar-refractivity contribution in [3.05, 3.63) is 0 Å². The van der Waals surface area contributed by atoms with Gasteiger partial charge in [0.05, 0.1) is 6.54 Å². The van der Waals surface area contributed by atoms with Crippen LogP contribution in [0.15, 0.2) is 0 Å². The van der Waals surface area contributed by atoms with E-state index < -0.39 is 0 Å². The van der Waals surface area contributed by atoms with Crippen LogP contribution >= 0.6 is 0 Å². The van der Waals surface area contributed by atoms with Gasteiger partial charge in [-0.15, -0.1) is 0 Å². The van der Waals surface area contributed by atoms with E-state index in [4.69, 9.17) is 11.5 Å². The van der Waals surface area contributed by atoms with Crippen LogP contribution in [-0.4, -0.2) is 37.0 Å². The molecule has 70 valence electrons. The highest BCUT2D eigenvalue weighted by Crippen LogP contribution is 2.25. The topological polar surface area (TPSA) is 72.3 Å². The van der Waals surface area contributed by atoms with E-state index in [-0.39, 0.29) is 5.91 Å². The molecular formula is C8H17N3O. The molecule has 0 spiro atoms. The second-order valence-electron chi connectivity index (χ2n) is 3.76. The number of carbonyl (C=O) groups excluding carboxylic acids is 1. The number of likely N-dealkylation sites (N-methyl/N-ethyl adjacent to an activating group) is 1. The van der Waals surface area contributed by atoms with Crippen LogP contribution in [0.1, 0.15) is 12.8 Å². The van der Waals surface area contributed by atoms with Crippen molar-refractivity contribution in [1.82, 2.24) is 4.90 Å². The molecule has 0 aliphatic heterocycles. The Morgan fingerprint density at radius 2 is 2.17 bits per heavy atom. The third-order valence-corrected chi connectivity index (χ3v) is 2.27. The van der Waals surface area contributed by atoms with Crippen LogP contribution in [0, 0.1) is 5.92 Å². The molecule has 4 N–H and O–H groups in total. The van der Waals surface area contributed by atoms with E-state index in [1.54, 1.807) is 0 Å². The van der Waals surface area contributed by atoms with Gasteiger partial charge in [-0.3, -0.25) is 9.69 Å². The number of hydrogen-bond acceptors (Lipinski definition) is 3. The van der Waals surface area contributed by atoms with E-state index in [0.717, 1.165) is 19.4 Å². The molecule has 0 aromatic rings. The fourth-order valence-electron chi connectivity index (χ4n) is 1.71. The van der Waals surface area contributed by atoms with Crippen molar-refractivity contribution in [2.75, 3.05) is 20.1 Å². The molecule has 4 nitrogen and oxygen atoms in total. The van der Waals surface area contributed by atoms with Crippen LogP contribution in [0.2, 0.25) is 0 Å². The maximum atomic E-state index is 10.5. The van der Waals surface area contributed by atoms with E-state index in [1.165, 1.54) is 0 Å². The van der Waals surface area contributed by atoms with Crippen molar-refractivity contribution in [3.8, 4) is 0 Å². The van der Waals surface area contributed by atoms with Gasteiger partial charge in [-0.25, -0.2) is 0 Å². The molecule has 1 rings (SSSR count). The molecule has 0 saturated heterocycles. The molecule has 12 heavy (non-hydrogen) atoms. The van der Waals surface area contributed by atoms with Crippen LogP contribution in [0.25, 0.3) is 0 Å². The number of amides is 1. The fourth-order valence-corrected chi connectivity index (χ4v) is 1.71. The molecule has 0 radical (unpaired) electrons. The van der Waals surface area contributed by atoms with Gasteiger partial charge in [0.1, 0.15) is 0 Å². The molecule has 1 aliphatic carbocycles. The minimum Gasteiger partial charge on any atom is -0.369 e. The summed E-state index contributed by atoms with van der Waals surface area (Å²) in [5.74, 6) is 0.408. The van der Waals surface area contributed by atoms with Crippen molar-refractivity contribution < 1.29 is 4.79 Å². The highest BCUT2D eigenvalue weighted by atomic mass is 16.1. The van der Waals surface area contributed by atoms with Crippen LogP contribution in [-0.2, 0) is 4.79 Å². The molecule has 0 aromatic carbocycles. The zero-order valence-corrected chi connectivity index (χ0v) is 7.49. The first-order chi connectivity index (χ1) is 5.58. The molecule has 1 amide bonds. The van der Waals surface area contributed by atoms with Gasteiger partial charge >= 0.3 is 0 Å². The molecule has 0 aromatic heterocycles. The zero-order valence-electron chi connectivity index (χ0n) is 7.49. The Kier molecular flexibility index (Phi) is 3.05. The summed E-state index contributed by atoms with van der Waals surface area (Å²) < 4.78 is 0. The Labute approximate surface area is 72.9 Å². The van der Waals surface area contributed by atoms with Crippen LogP contribution in [0.5, 0.6) is 0 Å². The van der Waals surface area contributed by atoms with Crippen LogP contribution < -0.4 is 11.5 Å². The van der Waals surface area contributed by atoms with Crippen molar-refractivity contribution in [2.24, 2.45) is 17.4 Å². The first-order valence-corrected chi connectivity index (χ1v) is 4.30. The Morgan fingerprint density at radius 1 is 1.58 bits per heavy atom. The van der Waals surface area contributed by atoms with Gasteiger partial charge in [-0.05, 0) is 25.8 Å². The minimum absolute atomic E-state index is 0.263. The first-order valence-electron chi connectivity index (χ1n) is 4.30. The average Bonchev–Trinajstić information content (AvgIpc) is 1.82. The Hall–Kier alpha value is -0.610. The third-order valence-electron chi connectivity index (χ3n) is 2.27. The summed E-state index contributed by atoms with van der Waals surface area (Å²) in [6.45, 7) is 1.29. The van der Waals surface area contributed by atoms with Crippen molar-refractivity contribution in [1.29, 1.82) is 0 Å². The molecule has 0 heterocycles. The monoisotopic (exact) mass is 171 g/mol. The maximum Gasteiger partial charge on any atom is 0.231 e. The Bertz CT molecular complexity index is 166. The maximum absolute atomic E-state index is 10.5. The summed E-state index contributed by atoms with van der Waals surface area (Å²) in [5.41, 5.74) is 10.7. The van der Waals surface area contributed by atoms with E-state index in [1.807, 2.05) is 11.9 Å². The summed E-state index contributed by atoms with van der Waals surface area (Å²) in [6, 6.07) is 0.386. The van der Waals surface area contributed by atoms with Gasteiger partial charge < -0.3 is 11.5 Å². The normalized spacial score (nSPS) is 28.6. The summed E-state index contributed by atoms with van der Waals surface area (Å²) >= 11 is 0. The Morgan fingerprint density at radius 3 is 2.58 bits per heavy atom. The molecule has 1 saturated carbocycles. The summed E-state index contributed by atoms with van der Waals surface area (Å²) in [6.07, 6.45) is 2.17. The molecule has 4 heteroatoms. The lowest BCUT2D eigenvalue weighted by atomic mass is 9.81. The van der Waals surface area contributed by atoms with Gasteiger partial charge in [0, 0.05) is 12.6 Å². The predicted octanol–water partition coefficient (Wildman–Crippen LogP) is -0.859. The second kappa shape index (κ2) is 3.87. The fraction of sp³-hybridized carbons (Fsp3) is 0.875. The standard InChI is InChI=1S/C8H17N3O/c1-11(5-8(10)12)4-6-2-7(9)3-6/h6-7H,2-5,9H2,1H3,(H2,10,12). The Balaban J connectivity index is 2.10. The molecule has 1 fully saturated rings. The molecule has 0 unspecified atom stereocenters. The SMILES string of the molecule is CN(CC(N)=O)CC1CC(N)C1. The van der Waals surface area contributed by atoms with Crippen molar-refractivity contribution >= 4 is 5.91 Å². The van der Waals surface area contributed by atoms with Gasteiger partial charge in [0.2, 0.25) is 5.91 Å². The van der Waals surface area contributed by atoms with Gasteiger partial charge in [0.15, 0.2) is 0 Å². The first kappa shape index (κ1) is 9.48. The van der Waals surface area contributed by atoms with E-state index in [9.17, 15) is 4.79 Å². The largest absolute Gasteiger partial charge is 0.369 e. The lowest BCUT2D eigenvalue weighted by Crippen LogP contribution is -2.43. The average molecular weight is 171 g/mol. The van der Waals surface area contributed by atoms with Gasteiger partial charge in [-0.1, -0.05) is 0 Å². The van der Waals surface area contributed by atoms with E-state index >= 15 is 0 Å². The number of nitrogens with zero attached hydrogens (tertiary/aromatic N) is 1. The zero-order chi connectivity index (χ0) is 9.14. The number of nitrogens with two attached hydrogens (primary N) is 2. The van der Waals surface area contributed by atoms with E-state index in [0.29, 0.717) is 18.5 Å². The van der Waals surface area contributed by atoms with E-state index in [2.05, 4.69) is 0 Å². The highest BCUT2D eigenvalue weighted by Gasteiger charge is 2.26. The third kappa shape index (κ3) is 2.79. The number of primary amides is 1. The lowest BCUT2D eigenvalue weighted by Gasteiger charge is -2.34. The number of hydrogen-bond donors (Lipinski definition) is 2. The minimum atomic E-state index is -0.263. The predicted molar refractivity (Wildman–Crippen MR) is 47.4 cm³/mol. The quantitative estimate of drug-likeness (QED) is 0.578. The molecule has 1 aliphatic rings. The smallest absolute Gasteiger partial charge is 0.231 e. The summed E-state index contributed by atoms with van der Waals surface area (Å²) in [7, 11) is 1.91. The highest BCUT2D eigenvalue weighted by molar-refractivity contribution is 5.75. The molecular weight excluding hydrogens is 154 g/mol. The number of carbonyl (C=O) groups is 1. The van der Waals surface area contributed by atoms with Gasteiger partial charge in [0.25, 0.3) is 0 Å². The molecule has 0 bridgehead atoms. The number of rotatable bonds is 4. The van der Waals surface area contributed by atoms with Crippen molar-refractivity contribution in [3.63, 3.8) is 0 Å². The second-order valence-corrected chi connectivity index (χ2v) is 3.76. The summed E-state index contributed by atoms with van der Waals surface area (Å²) in [4.78, 5) is 12.5. The van der Waals surface area contributed by atoms with Crippen molar-refractivity contribution in [2.45, 2.75) is 18.9 Å². The van der Waals surface area contributed by atoms with Crippen LogP contribution in [0.3, 0.4) is 0 Å². The molecule has 0 atom stereocenters. The lowest BCUT2D eigenvalue weighted by molar-refractivity contribution is -0.119. The summed E-state index contributed by atoms with van der Waals surface area (Å²) in [5, 5.41) is 0.